The van der Waals surface area contributed by atoms with Gasteiger partial charge in [0.2, 0.25) is 0 Å². The second-order valence-electron chi connectivity index (χ2n) is 38.8. The maximum atomic E-state index is 15.6. The normalized spacial score (nSPS) is 14.4. The lowest BCUT2D eigenvalue weighted by Gasteiger charge is -2.22. The molecule has 12 rings (SSSR count). The molecule has 0 N–H and O–H groups in total. The van der Waals surface area contributed by atoms with Crippen molar-refractivity contribution in [3.05, 3.63) is 125 Å². The molecule has 0 spiro atoms. The number of Topliss-reactive ketones (excluding diaryl/α,β-unsaturated/α-hetero) is 2. The van der Waals surface area contributed by atoms with E-state index in [1.807, 2.05) is 53.0 Å². The Bertz CT molecular complexity index is 5660. The molecule has 2 aliphatic carbocycles. The van der Waals surface area contributed by atoms with Gasteiger partial charge in [-0.05, 0) is 110 Å². The van der Waals surface area contributed by atoms with Crippen LogP contribution in [0.15, 0.2) is 58.8 Å². The highest BCUT2D eigenvalue weighted by molar-refractivity contribution is 7.34. The van der Waals surface area contributed by atoms with Gasteiger partial charge >= 0.3 is 0 Å². The summed E-state index contributed by atoms with van der Waals surface area (Å²) in [6.07, 6.45) is 76.7. The van der Waals surface area contributed by atoms with E-state index in [1.165, 1.54) is 364 Å². The lowest BCUT2D eigenvalue weighted by Crippen LogP contribution is -2.14. The summed E-state index contributed by atoms with van der Waals surface area (Å²) in [4.78, 5) is 36.2. The number of hydrogen-bond donors (Lipinski definition) is 0. The first-order valence-electron chi connectivity index (χ1n) is 52.7. The molecule has 0 aliphatic heterocycles. The van der Waals surface area contributed by atoms with Gasteiger partial charge in [0.05, 0.1) is 74.6 Å². The van der Waals surface area contributed by atoms with Crippen LogP contribution in [0.5, 0.6) is 0 Å². The summed E-state index contributed by atoms with van der Waals surface area (Å²) in [6.45, 7) is 23.8. The number of allylic oxidation sites excluding steroid dienone is 6. The lowest BCUT2D eigenvalue weighted by atomic mass is 9.93. The van der Waals surface area contributed by atoms with Crippen LogP contribution < -0.4 is 0 Å². The predicted octanol–water partition coefficient (Wildman–Crippen LogP) is 38.3. The molecule has 131 heavy (non-hydrogen) atoms. The number of rotatable bonds is 66. The number of nitriles is 3. The van der Waals surface area contributed by atoms with Crippen LogP contribution in [-0.2, 0) is 25.9 Å². The highest BCUT2D eigenvalue weighted by Gasteiger charge is 2.39. The third kappa shape index (κ3) is 26.4. The zero-order valence-corrected chi connectivity index (χ0v) is 84.9. The maximum Gasteiger partial charge on any atom is 0.270 e. The van der Waals surface area contributed by atoms with Crippen molar-refractivity contribution in [2.24, 2.45) is 11.8 Å². The largest absolute Gasteiger partial charge is 0.337 e. The smallest absolute Gasteiger partial charge is 0.270 e. The molecule has 0 saturated carbocycles. The Morgan fingerprint density at radius 2 is 0.695 bits per heavy atom. The van der Waals surface area contributed by atoms with Gasteiger partial charge in [-0.3, -0.25) is 9.59 Å². The van der Waals surface area contributed by atoms with Gasteiger partial charge < -0.3 is 9.13 Å². The first-order valence-corrected chi connectivity index (χ1v) is 56.7. The van der Waals surface area contributed by atoms with Crippen LogP contribution in [0.3, 0.4) is 0 Å². The summed E-state index contributed by atoms with van der Waals surface area (Å²) >= 11 is 8.59. The van der Waals surface area contributed by atoms with Gasteiger partial charge in [-0.25, -0.2) is 18.9 Å². The molecule has 0 amide bonds. The molecule has 7 aromatic heterocycles. The number of halogens is 2. The van der Waals surface area contributed by atoms with Crippen LogP contribution in [0.25, 0.3) is 100 Å². The summed E-state index contributed by atoms with van der Waals surface area (Å²) in [6, 6.07) is 15.8. The molecule has 2 atom stereocenters. The number of aryl methyl sites for hydroxylation is 2. The fourth-order valence-corrected chi connectivity index (χ4v) is 27.9. The van der Waals surface area contributed by atoms with E-state index in [1.54, 1.807) is 22.7 Å². The second-order valence-corrected chi connectivity index (χ2v) is 43.5. The van der Waals surface area contributed by atoms with Gasteiger partial charge in [0.1, 0.15) is 28.7 Å². The number of benzene rings is 3. The topological polar surface area (TPSA) is 146 Å². The molecule has 10 aromatic rings. The van der Waals surface area contributed by atoms with Crippen LogP contribution in [0.4, 0.5) is 8.78 Å². The fraction of sp³-hybridized carbons (Fsp3) is 0.614. The van der Waals surface area contributed by atoms with Crippen LogP contribution in [-0.4, -0.2) is 29.4 Å². The number of fused-ring (bicyclic) bond motifs is 16. The van der Waals surface area contributed by atoms with Gasteiger partial charge in [0.25, 0.3) is 5.70 Å². The van der Waals surface area contributed by atoms with Crippen molar-refractivity contribution in [3.8, 4) is 18.2 Å². The van der Waals surface area contributed by atoms with Gasteiger partial charge in [-0.1, -0.05) is 400 Å². The predicted molar refractivity (Wildman–Crippen MR) is 561 cm³/mol. The molecule has 7 heterocycles. The van der Waals surface area contributed by atoms with Crippen molar-refractivity contribution in [3.63, 3.8) is 0 Å². The third-order valence-electron chi connectivity index (χ3n) is 28.8. The number of carbonyl (C=O) groups is 2. The number of thiophene rings is 4. The maximum absolute atomic E-state index is 15.6. The highest BCUT2D eigenvalue weighted by atomic mass is 32.1. The number of unbranched alkanes of at least 4 members (excludes halogenated alkanes) is 48. The molecule has 0 fully saturated rings. The molecular weight excluding hydrogens is 1710 g/mol. The zero-order chi connectivity index (χ0) is 92.1. The molecule has 2 aliphatic rings. The van der Waals surface area contributed by atoms with E-state index < -0.39 is 17.4 Å². The van der Waals surface area contributed by atoms with Crippen LogP contribution in [0.1, 0.15) is 467 Å². The number of ketones is 2. The molecule has 10 nitrogen and oxygen atoms in total. The van der Waals surface area contributed by atoms with Crippen molar-refractivity contribution in [2.45, 2.75) is 440 Å². The third-order valence-corrected chi connectivity index (χ3v) is 34.4. The molecule has 3 aromatic carbocycles. The summed E-state index contributed by atoms with van der Waals surface area (Å²) in [5, 5.41) is 34.6. The summed E-state index contributed by atoms with van der Waals surface area (Å²) < 4.78 is 55.2. The van der Waals surface area contributed by atoms with Crippen LogP contribution in [0.2, 0.25) is 0 Å². The standard InChI is InChI=1S/C114H152F2N8O2S5/c1-8-14-20-26-32-38-42-46-52-58-66-81(64-56-50-44-36-30-24-18-12-5)79-123-103-99(111-105(123)113-109(129-111)86(70-60-54-48-40-34-28-22-16-10-3)95(127-113)74-90-97(83(76-117)77-118)88-72-92(115)93(116)73-89(88)108(90)126)101-102(122-131-121-101)100-104(103)124(80-82(65-57-51-45-37-31-25-19-13-6)67-59-53-47-43-39-33-27-21-15-9-2)106-112(100)130-110-87(71-61-55-49-41-35-29-23-17-11-4)96(128-114(106)110)75-91-98(94(78-119)120-7)84-68-62-63-69-85(84)107(91)125/h62-63,68-69,72-75,81-82H,8-61,64-67,70-71,79-80H2,1-6H3/b90-74-,91-75-,98-94+. The number of nitrogens with zero attached hydrogens (tertiary/aromatic N) is 8. The van der Waals surface area contributed by atoms with Gasteiger partial charge in [-0.15, -0.1) is 45.3 Å². The van der Waals surface area contributed by atoms with Crippen molar-refractivity contribution in [1.29, 1.82) is 15.8 Å². The Labute approximate surface area is 804 Å². The first-order chi connectivity index (χ1) is 64.4. The van der Waals surface area contributed by atoms with Crippen LogP contribution >= 0.6 is 57.1 Å². The minimum atomic E-state index is -1.15. The molecule has 2 unspecified atom stereocenters. The molecule has 0 radical (unpaired) electrons. The van der Waals surface area contributed by atoms with Crippen LogP contribution in [0, 0.1) is 64.0 Å². The van der Waals surface area contributed by atoms with E-state index in [4.69, 9.17) is 15.3 Å². The Morgan fingerprint density at radius 1 is 0.382 bits per heavy atom. The number of hydrogen-bond acceptors (Lipinski definition) is 12. The summed E-state index contributed by atoms with van der Waals surface area (Å²) in [5.41, 5.74) is 10.9. The zero-order valence-electron chi connectivity index (χ0n) is 80.8. The number of carbonyl (C=O) groups excluding carboxylic acids is 2. The second kappa shape index (κ2) is 54.9. The average molecular weight is 1860 g/mol. The molecule has 0 saturated heterocycles. The Balaban J connectivity index is 1.13. The fourth-order valence-electron chi connectivity index (χ4n) is 21.4. The monoisotopic (exact) mass is 1860 g/mol. The van der Waals surface area contributed by atoms with Crippen molar-refractivity contribution in [2.75, 3.05) is 0 Å². The Morgan fingerprint density at radius 3 is 1.03 bits per heavy atom. The van der Waals surface area contributed by atoms with Gasteiger partial charge in [0, 0.05) is 67.0 Å². The van der Waals surface area contributed by atoms with E-state index in [0.29, 0.717) is 34.1 Å². The minimum Gasteiger partial charge on any atom is -0.337 e. The molecule has 17 heteroatoms. The Hall–Kier alpha value is -7.48. The van der Waals surface area contributed by atoms with Gasteiger partial charge in [-0.2, -0.15) is 19.3 Å². The van der Waals surface area contributed by atoms with E-state index >= 15 is 18.4 Å². The lowest BCUT2D eigenvalue weighted by molar-refractivity contribution is 0.103. The first kappa shape index (κ1) is 102. The van der Waals surface area contributed by atoms with E-state index in [9.17, 15) is 15.8 Å². The highest BCUT2D eigenvalue weighted by Crippen LogP contribution is 2.57. The Kier molecular flexibility index (Phi) is 42.9. The summed E-state index contributed by atoms with van der Waals surface area (Å²) in [7, 11) is 0. The average Bonchev–Trinajstić information content (AvgIpc) is 1.50. The quantitative estimate of drug-likeness (QED) is 0.0160. The van der Waals surface area contributed by atoms with Crippen molar-refractivity contribution < 1.29 is 18.4 Å². The molecular formula is C114H152F2N8O2S5. The van der Waals surface area contributed by atoms with E-state index in [-0.39, 0.29) is 39.3 Å². The minimum absolute atomic E-state index is 0.0501. The number of aromatic nitrogens is 4. The molecule has 704 valence electrons. The SMILES string of the molecule is [C-]#[N+]/C(C#N)=C1/C(=C/c2sc3c(sc4c5c6nsnc6c6c7sc8c(CCCCCCCCCCC)c(/C=C9\C(=O)c%10cc(F)c(F)cc%10C9=C(C#N)C#N)sc8c7n(CC(CCCCCCCCCC)CCCCCCCCCCCC)c6c5n(CC(CCCCCCCCCC)CCCCCCCCCCCC)c34)c2CCCCCCCCCCC)C(=O)c2ccccc21. The van der Waals surface area contributed by atoms with Gasteiger partial charge in [0.15, 0.2) is 23.2 Å². The van der Waals surface area contributed by atoms with Crippen molar-refractivity contribution in [1.82, 2.24) is 17.9 Å². The molecule has 0 bridgehead atoms. The van der Waals surface area contributed by atoms with E-state index in [0.717, 1.165) is 152 Å². The van der Waals surface area contributed by atoms with Crippen molar-refractivity contribution >= 4 is 164 Å². The summed E-state index contributed by atoms with van der Waals surface area (Å²) in [5.74, 6) is -2.28. The van der Waals surface area contributed by atoms with E-state index in [2.05, 4.69) is 79.8 Å².